The van der Waals surface area contributed by atoms with Crippen LogP contribution in [0.15, 0.2) is 29.8 Å². The summed E-state index contributed by atoms with van der Waals surface area (Å²) in [4.78, 5) is 22.9. The number of aromatic nitrogens is 2. The van der Waals surface area contributed by atoms with Gasteiger partial charge in [-0.2, -0.15) is 0 Å². The van der Waals surface area contributed by atoms with Gasteiger partial charge in [0, 0.05) is 6.42 Å². The molecule has 2 amide bonds. The van der Waals surface area contributed by atoms with Crippen LogP contribution in [0.25, 0.3) is 0 Å². The number of phenols is 1. The Morgan fingerprint density at radius 2 is 2.00 bits per heavy atom. The lowest BCUT2D eigenvalue weighted by Gasteiger charge is -2.14. The van der Waals surface area contributed by atoms with Gasteiger partial charge in [0.15, 0.2) is 0 Å². The van der Waals surface area contributed by atoms with Crippen LogP contribution < -0.4 is 10.6 Å². The van der Waals surface area contributed by atoms with Gasteiger partial charge >= 0.3 is 12.0 Å². The monoisotopic (exact) mass is 308 g/mol. The molecule has 2 aromatic rings. The molecule has 0 unspecified atom stereocenters. The number of carboxylic acid groups (broad SMARTS) is 1. The number of nitrogens with zero attached hydrogens (tertiary/aromatic N) is 2. The summed E-state index contributed by atoms with van der Waals surface area (Å²) in [5.41, 5.74) is 2.12. The number of phenolic OH excluding ortho intramolecular Hbond substituents is 1. The molecule has 0 radical (unpaired) electrons. The molecule has 0 saturated carbocycles. The number of aromatic hydroxyl groups is 1. The average molecular weight is 308 g/mol. The van der Waals surface area contributed by atoms with Gasteiger partial charge in [-0.3, -0.25) is 5.32 Å². The van der Waals surface area contributed by atoms with E-state index in [1.165, 1.54) is 17.6 Å². The maximum absolute atomic E-state index is 11.7. The van der Waals surface area contributed by atoms with Gasteiger partial charge < -0.3 is 15.5 Å². The first-order valence-electron chi connectivity index (χ1n) is 5.89. The number of carbonyl (C=O) groups is 2. The Morgan fingerprint density at radius 3 is 2.57 bits per heavy atom. The lowest BCUT2D eigenvalue weighted by molar-refractivity contribution is -0.139. The Bertz CT molecular complexity index is 615. The molecule has 0 saturated heterocycles. The summed E-state index contributed by atoms with van der Waals surface area (Å²) in [6.07, 6.45) is 0.0964. The van der Waals surface area contributed by atoms with E-state index in [1.807, 2.05) is 0 Å². The van der Waals surface area contributed by atoms with Crippen LogP contribution in [0.3, 0.4) is 0 Å². The molecule has 9 heteroatoms. The number of amides is 2. The molecule has 1 atom stereocenters. The van der Waals surface area contributed by atoms with Crippen molar-refractivity contribution in [3.05, 3.63) is 35.3 Å². The lowest BCUT2D eigenvalue weighted by Crippen LogP contribution is -2.44. The number of hydrogen-bond donors (Lipinski definition) is 4. The first-order chi connectivity index (χ1) is 10.0. The fourth-order valence-electron chi connectivity index (χ4n) is 1.59. The van der Waals surface area contributed by atoms with E-state index < -0.39 is 18.0 Å². The van der Waals surface area contributed by atoms with Crippen molar-refractivity contribution in [1.82, 2.24) is 15.5 Å². The predicted octanol–water partition coefficient (Wildman–Crippen LogP) is 1.06. The lowest BCUT2D eigenvalue weighted by atomic mass is 10.1. The van der Waals surface area contributed by atoms with Crippen LogP contribution in [0, 0.1) is 0 Å². The third-order valence-electron chi connectivity index (χ3n) is 2.56. The molecule has 110 valence electrons. The highest BCUT2D eigenvalue weighted by Gasteiger charge is 2.20. The number of anilines is 1. The van der Waals surface area contributed by atoms with Gasteiger partial charge in [-0.1, -0.05) is 23.5 Å². The molecule has 21 heavy (non-hydrogen) atoms. The van der Waals surface area contributed by atoms with Crippen molar-refractivity contribution in [2.24, 2.45) is 0 Å². The second-order valence-corrected chi connectivity index (χ2v) is 4.94. The van der Waals surface area contributed by atoms with E-state index in [0.29, 0.717) is 5.56 Å². The van der Waals surface area contributed by atoms with Crippen molar-refractivity contribution in [3.63, 3.8) is 0 Å². The number of carbonyl (C=O) groups excluding carboxylic acids is 1. The number of urea groups is 1. The molecule has 8 nitrogen and oxygen atoms in total. The molecule has 0 aliphatic heterocycles. The predicted molar refractivity (Wildman–Crippen MR) is 75.3 cm³/mol. The van der Waals surface area contributed by atoms with E-state index in [-0.39, 0.29) is 17.3 Å². The Hall–Kier alpha value is -2.68. The molecule has 4 N–H and O–H groups in total. The fourth-order valence-corrected chi connectivity index (χ4v) is 2.03. The smallest absolute Gasteiger partial charge is 0.326 e. The molecular formula is C12H12N4O4S. The number of rotatable bonds is 5. The minimum absolute atomic E-state index is 0.0904. The van der Waals surface area contributed by atoms with Crippen LogP contribution in [0.4, 0.5) is 9.93 Å². The Kier molecular flexibility index (Phi) is 4.67. The van der Waals surface area contributed by atoms with Crippen LogP contribution in [0.2, 0.25) is 0 Å². The molecule has 0 aliphatic rings. The van der Waals surface area contributed by atoms with Crippen LogP contribution in [-0.2, 0) is 11.2 Å². The number of benzene rings is 1. The maximum atomic E-state index is 11.7. The summed E-state index contributed by atoms with van der Waals surface area (Å²) in [5, 5.41) is 30.5. The maximum Gasteiger partial charge on any atom is 0.326 e. The number of hydrogen-bond acceptors (Lipinski definition) is 6. The van der Waals surface area contributed by atoms with E-state index in [9.17, 15) is 14.7 Å². The summed E-state index contributed by atoms with van der Waals surface area (Å²) in [6, 6.07) is 4.33. The van der Waals surface area contributed by atoms with Gasteiger partial charge in [-0.05, 0) is 17.7 Å². The molecule has 0 aliphatic carbocycles. The zero-order valence-corrected chi connectivity index (χ0v) is 11.5. The third-order valence-corrected chi connectivity index (χ3v) is 3.17. The second-order valence-electron chi connectivity index (χ2n) is 4.10. The third kappa shape index (κ3) is 4.42. The van der Waals surface area contributed by atoms with Crippen LogP contribution >= 0.6 is 11.3 Å². The average Bonchev–Trinajstić information content (AvgIpc) is 2.93. The second kappa shape index (κ2) is 6.66. The van der Waals surface area contributed by atoms with Crippen LogP contribution in [0.5, 0.6) is 5.75 Å². The van der Waals surface area contributed by atoms with Crippen molar-refractivity contribution >= 4 is 28.5 Å². The van der Waals surface area contributed by atoms with Crippen molar-refractivity contribution in [2.45, 2.75) is 12.5 Å². The van der Waals surface area contributed by atoms with Crippen molar-refractivity contribution in [3.8, 4) is 5.75 Å². The van der Waals surface area contributed by atoms with Gasteiger partial charge in [-0.25, -0.2) is 9.59 Å². The van der Waals surface area contributed by atoms with Gasteiger partial charge in [0.05, 0.1) is 0 Å². The number of nitrogens with one attached hydrogen (secondary N) is 2. The zero-order valence-electron chi connectivity index (χ0n) is 10.7. The van der Waals surface area contributed by atoms with Gasteiger partial charge in [-0.15, -0.1) is 10.2 Å². The van der Waals surface area contributed by atoms with Gasteiger partial charge in [0.2, 0.25) is 5.13 Å². The quantitative estimate of drug-likeness (QED) is 0.654. The Balaban J connectivity index is 1.97. The van der Waals surface area contributed by atoms with Crippen molar-refractivity contribution < 1.29 is 19.8 Å². The molecule has 0 spiro atoms. The normalized spacial score (nSPS) is 11.6. The van der Waals surface area contributed by atoms with Crippen LogP contribution in [-0.4, -0.2) is 38.5 Å². The van der Waals surface area contributed by atoms with E-state index in [2.05, 4.69) is 20.8 Å². The molecular weight excluding hydrogens is 296 g/mol. The fraction of sp³-hybridized carbons (Fsp3) is 0.167. The Morgan fingerprint density at radius 1 is 1.29 bits per heavy atom. The molecule has 0 bridgehead atoms. The molecule has 2 rings (SSSR count). The standard InChI is InChI=1S/C12H12N4O4S/c17-8-3-1-7(2-4-8)5-9(10(18)19)14-11(20)15-12-16-13-6-21-12/h1-4,6,9,17H,5H2,(H,18,19)(H2,14,15,16,20)/t9-/m1/s1. The SMILES string of the molecule is O=C(Nc1nncs1)N[C@H](Cc1ccc(O)cc1)C(=O)O. The highest BCUT2D eigenvalue weighted by molar-refractivity contribution is 7.13. The summed E-state index contributed by atoms with van der Waals surface area (Å²) < 4.78 is 0. The van der Waals surface area contributed by atoms with Gasteiger partial charge in [0.1, 0.15) is 17.3 Å². The molecule has 1 aromatic heterocycles. The van der Waals surface area contributed by atoms with E-state index in [1.54, 1.807) is 12.1 Å². The summed E-state index contributed by atoms with van der Waals surface area (Å²) in [5.74, 6) is -1.07. The molecule has 0 fully saturated rings. The van der Waals surface area contributed by atoms with E-state index in [0.717, 1.165) is 11.3 Å². The summed E-state index contributed by atoms with van der Waals surface area (Å²) in [6.45, 7) is 0. The number of aliphatic carboxylic acids is 1. The van der Waals surface area contributed by atoms with Gasteiger partial charge in [0.25, 0.3) is 0 Å². The van der Waals surface area contributed by atoms with E-state index in [4.69, 9.17) is 5.11 Å². The summed E-state index contributed by atoms with van der Waals surface area (Å²) in [7, 11) is 0. The van der Waals surface area contributed by atoms with Crippen molar-refractivity contribution in [1.29, 1.82) is 0 Å². The molecule has 1 heterocycles. The Labute approximate surface area is 123 Å². The van der Waals surface area contributed by atoms with Crippen LogP contribution in [0.1, 0.15) is 5.56 Å². The topological polar surface area (TPSA) is 124 Å². The first kappa shape index (κ1) is 14.7. The highest BCUT2D eigenvalue weighted by atomic mass is 32.1. The first-order valence-corrected chi connectivity index (χ1v) is 6.77. The minimum Gasteiger partial charge on any atom is -0.508 e. The molecule has 1 aromatic carbocycles. The number of carboxylic acids is 1. The van der Waals surface area contributed by atoms with E-state index >= 15 is 0 Å². The minimum atomic E-state index is -1.16. The summed E-state index contributed by atoms with van der Waals surface area (Å²) >= 11 is 1.12. The highest BCUT2D eigenvalue weighted by Crippen LogP contribution is 2.12. The van der Waals surface area contributed by atoms with Crippen molar-refractivity contribution in [2.75, 3.05) is 5.32 Å². The largest absolute Gasteiger partial charge is 0.508 e. The zero-order chi connectivity index (χ0) is 15.2.